The van der Waals surface area contributed by atoms with Crippen LogP contribution in [-0.4, -0.2) is 48.3 Å². The molecule has 0 rings (SSSR count). The molecule has 22 heavy (non-hydrogen) atoms. The predicted octanol–water partition coefficient (Wildman–Crippen LogP) is -5.46. The van der Waals surface area contributed by atoms with Crippen LogP contribution in [0.5, 0.6) is 0 Å². The Morgan fingerprint density at radius 3 is 0.773 bits per heavy atom. The van der Waals surface area contributed by atoms with Gasteiger partial charge in [-0.25, -0.2) is 16.8 Å². The molecular formula is C4F8Na2O6S2. The smallest absolute Gasteiger partial charge is 0.743 e. The molecule has 0 aliphatic heterocycles. The quantitative estimate of drug-likeness (QED) is 0.256. The van der Waals surface area contributed by atoms with Crippen LogP contribution in [0.25, 0.3) is 0 Å². The zero-order chi connectivity index (χ0) is 17.0. The summed E-state index contributed by atoms with van der Waals surface area (Å²) in [4.78, 5) is 0. The van der Waals surface area contributed by atoms with E-state index in [0.29, 0.717) is 0 Å². The zero-order valence-corrected chi connectivity index (χ0v) is 15.9. The summed E-state index contributed by atoms with van der Waals surface area (Å²) in [7, 11) is -15.2. The molecule has 0 saturated carbocycles. The van der Waals surface area contributed by atoms with E-state index in [1.165, 1.54) is 0 Å². The molecule has 0 saturated heterocycles. The summed E-state index contributed by atoms with van der Waals surface area (Å²) in [6, 6.07) is 0. The van der Waals surface area contributed by atoms with Crippen LogP contribution in [0, 0.1) is 0 Å². The molecule has 122 valence electrons. The van der Waals surface area contributed by atoms with Crippen molar-refractivity contribution < 1.29 is 120 Å². The van der Waals surface area contributed by atoms with Crippen molar-refractivity contribution in [2.75, 3.05) is 0 Å². The van der Waals surface area contributed by atoms with E-state index in [9.17, 15) is 61.1 Å². The van der Waals surface area contributed by atoms with E-state index in [0.717, 1.165) is 0 Å². The topological polar surface area (TPSA) is 114 Å². The van der Waals surface area contributed by atoms with Crippen molar-refractivity contribution in [3.63, 3.8) is 0 Å². The third kappa shape index (κ3) is 4.08. The summed E-state index contributed by atoms with van der Waals surface area (Å²) in [5.74, 6) is -15.4. The van der Waals surface area contributed by atoms with Crippen LogP contribution < -0.4 is 59.1 Å². The molecule has 0 atom stereocenters. The molecule has 0 fully saturated rings. The molecule has 0 aliphatic carbocycles. The van der Waals surface area contributed by atoms with E-state index in [1.807, 2.05) is 0 Å². The third-order valence-corrected chi connectivity index (χ3v) is 3.52. The van der Waals surface area contributed by atoms with Gasteiger partial charge in [-0.3, -0.25) is 0 Å². The maximum atomic E-state index is 12.5. The van der Waals surface area contributed by atoms with Gasteiger partial charge in [0.2, 0.25) is 0 Å². The minimum absolute atomic E-state index is 0. The summed E-state index contributed by atoms with van der Waals surface area (Å²) >= 11 is 0. The van der Waals surface area contributed by atoms with Gasteiger partial charge < -0.3 is 9.11 Å². The molecule has 0 heterocycles. The molecule has 0 amide bonds. The minimum Gasteiger partial charge on any atom is -0.743 e. The first kappa shape index (κ1) is 28.1. The van der Waals surface area contributed by atoms with Crippen LogP contribution in [0.3, 0.4) is 0 Å². The monoisotopic (exact) mass is 406 g/mol. The predicted molar refractivity (Wildman–Crippen MR) is 39.2 cm³/mol. The van der Waals surface area contributed by atoms with E-state index in [2.05, 4.69) is 0 Å². The summed E-state index contributed by atoms with van der Waals surface area (Å²) in [6.07, 6.45) is 0. The van der Waals surface area contributed by atoms with Gasteiger partial charge in [0, 0.05) is 0 Å². The van der Waals surface area contributed by atoms with Crippen molar-refractivity contribution in [2.45, 2.75) is 22.4 Å². The molecule has 0 unspecified atom stereocenters. The van der Waals surface area contributed by atoms with Crippen LogP contribution in [0.1, 0.15) is 0 Å². The van der Waals surface area contributed by atoms with Gasteiger partial charge in [-0.15, -0.1) is 0 Å². The standard InChI is InChI=1S/C4H2F8O6S2.2Na/c5-1(6,3(9,10)19(13,14)15)2(7,8)4(11,12)20(16,17)18;;/h(H,13,14,15)(H,16,17,18);;/q;2*+1/p-2. The van der Waals surface area contributed by atoms with E-state index < -0.39 is 42.6 Å². The van der Waals surface area contributed by atoms with Gasteiger partial charge in [0.1, 0.15) is 0 Å². The van der Waals surface area contributed by atoms with E-state index in [4.69, 9.17) is 0 Å². The Bertz CT molecular complexity index is 546. The van der Waals surface area contributed by atoms with Gasteiger partial charge in [0.15, 0.2) is 20.2 Å². The average molecular weight is 406 g/mol. The van der Waals surface area contributed by atoms with Crippen LogP contribution in [-0.2, 0) is 20.2 Å². The van der Waals surface area contributed by atoms with Gasteiger partial charge in [-0.1, -0.05) is 0 Å². The normalized spacial score (nSPS) is 14.8. The van der Waals surface area contributed by atoms with Crippen molar-refractivity contribution in [3.8, 4) is 0 Å². The number of hydrogen-bond acceptors (Lipinski definition) is 6. The molecule has 18 heteroatoms. The number of rotatable bonds is 5. The second-order valence-corrected chi connectivity index (χ2v) is 5.93. The first-order valence-corrected chi connectivity index (χ1v) is 6.49. The average Bonchev–Trinajstić information content (AvgIpc) is 2.12. The van der Waals surface area contributed by atoms with Gasteiger partial charge in [0.05, 0.1) is 0 Å². The van der Waals surface area contributed by atoms with Crippen molar-refractivity contribution in [2.24, 2.45) is 0 Å². The zero-order valence-electron chi connectivity index (χ0n) is 10.3. The Morgan fingerprint density at radius 1 is 0.545 bits per heavy atom. The van der Waals surface area contributed by atoms with E-state index in [1.54, 1.807) is 0 Å². The van der Waals surface area contributed by atoms with Gasteiger partial charge in [-0.2, -0.15) is 35.1 Å². The molecule has 6 nitrogen and oxygen atoms in total. The van der Waals surface area contributed by atoms with Crippen molar-refractivity contribution in [1.29, 1.82) is 0 Å². The van der Waals surface area contributed by atoms with Gasteiger partial charge >= 0.3 is 81.5 Å². The Kier molecular flexibility index (Phi) is 9.25. The minimum atomic E-state index is -7.68. The fourth-order valence-electron chi connectivity index (χ4n) is 0.680. The molecular weight excluding hydrogens is 406 g/mol. The summed E-state index contributed by atoms with van der Waals surface area (Å²) in [5.41, 5.74) is 0. The number of hydrogen-bond donors (Lipinski definition) is 0. The van der Waals surface area contributed by atoms with Crippen molar-refractivity contribution >= 4 is 20.2 Å². The van der Waals surface area contributed by atoms with Crippen LogP contribution in [0.15, 0.2) is 0 Å². The molecule has 0 N–H and O–H groups in total. The Balaban J connectivity index is -0.00000180. The fourth-order valence-corrected chi connectivity index (χ4v) is 1.56. The molecule has 0 aromatic rings. The Morgan fingerprint density at radius 2 is 0.682 bits per heavy atom. The summed E-state index contributed by atoms with van der Waals surface area (Å²) in [5, 5.41) is -14.6. The SMILES string of the molecule is O=S(=O)([O-])C(F)(F)C(F)(F)C(F)(F)C(F)(F)S(=O)(=O)[O-].[Na+].[Na+]. The first-order valence-electron chi connectivity index (χ1n) is 3.67. The first-order chi connectivity index (χ1) is 8.25. The van der Waals surface area contributed by atoms with Gasteiger partial charge in [0.25, 0.3) is 0 Å². The Labute approximate surface area is 161 Å². The second-order valence-electron chi connectivity index (χ2n) is 3.09. The molecule has 0 bridgehead atoms. The molecule has 0 radical (unpaired) electrons. The number of halogens is 8. The van der Waals surface area contributed by atoms with Crippen LogP contribution >= 0.6 is 0 Å². The van der Waals surface area contributed by atoms with E-state index >= 15 is 0 Å². The van der Waals surface area contributed by atoms with Crippen molar-refractivity contribution in [3.05, 3.63) is 0 Å². The summed E-state index contributed by atoms with van der Waals surface area (Å²) in [6.45, 7) is 0. The summed E-state index contributed by atoms with van der Waals surface area (Å²) < 4.78 is 158. The maximum Gasteiger partial charge on any atom is 1.00 e. The molecule has 0 aliphatic rings. The maximum absolute atomic E-state index is 12.5. The molecule has 0 aromatic heterocycles. The largest absolute Gasteiger partial charge is 1.00 e. The molecule has 0 spiro atoms. The van der Waals surface area contributed by atoms with Gasteiger partial charge in [-0.05, 0) is 0 Å². The third-order valence-electron chi connectivity index (χ3n) is 1.75. The fraction of sp³-hybridized carbons (Fsp3) is 1.00. The van der Waals surface area contributed by atoms with Crippen LogP contribution in [0.4, 0.5) is 35.1 Å². The van der Waals surface area contributed by atoms with Crippen molar-refractivity contribution in [1.82, 2.24) is 0 Å². The number of alkyl halides is 8. The second kappa shape index (κ2) is 7.25. The van der Waals surface area contributed by atoms with E-state index in [-0.39, 0.29) is 59.1 Å². The Hall–Kier alpha value is 1.26. The molecule has 0 aromatic carbocycles. The van der Waals surface area contributed by atoms with Crippen LogP contribution in [0.2, 0.25) is 0 Å².